The van der Waals surface area contributed by atoms with Crippen LogP contribution in [0.25, 0.3) is 0 Å². The van der Waals surface area contributed by atoms with Crippen molar-refractivity contribution in [3.8, 4) is 0 Å². The van der Waals surface area contributed by atoms with Crippen LogP contribution >= 0.6 is 0 Å². The predicted octanol–water partition coefficient (Wildman–Crippen LogP) is 2.98. The summed E-state index contributed by atoms with van der Waals surface area (Å²) >= 11 is 0. The van der Waals surface area contributed by atoms with E-state index in [1.165, 1.54) is 6.92 Å². The predicted molar refractivity (Wildman–Crippen MR) is 96.0 cm³/mol. The number of rotatable bonds is 3. The zero-order chi connectivity index (χ0) is 18.5. The average Bonchev–Trinajstić information content (AvgIpc) is 2.95. The Kier molecular flexibility index (Phi) is 4.84. The van der Waals surface area contributed by atoms with Crippen molar-refractivity contribution >= 4 is 13.1 Å². The first-order chi connectivity index (χ1) is 11.7. The molecule has 0 bridgehead atoms. The lowest BCUT2D eigenvalue weighted by atomic mass is 9.46. The summed E-state index contributed by atoms with van der Waals surface area (Å²) in [5, 5.41) is 10.1. The number of esters is 1. The van der Waals surface area contributed by atoms with Crippen LogP contribution < -0.4 is 0 Å². The maximum Gasteiger partial charge on any atom is 0.457 e. The molecule has 0 amide bonds. The average molecular weight is 350 g/mol. The van der Waals surface area contributed by atoms with Gasteiger partial charge in [-0.2, -0.15) is 0 Å². The SMILES string of the molecule is CCB1OC[C@@]2(O1)C(CO)=C[C@@H](OC(C)=O)[C@H]1C(C)(C)CCC[C@@]12C. The largest absolute Gasteiger partial charge is 0.458 e. The Morgan fingerprint density at radius 2 is 2.12 bits per heavy atom. The van der Waals surface area contributed by atoms with E-state index in [-0.39, 0.29) is 42.5 Å². The summed E-state index contributed by atoms with van der Waals surface area (Å²) in [5.74, 6) is -0.166. The Morgan fingerprint density at radius 1 is 1.40 bits per heavy atom. The molecule has 1 saturated carbocycles. The summed E-state index contributed by atoms with van der Waals surface area (Å²) in [4.78, 5) is 11.7. The minimum absolute atomic E-state index is 0.00522. The quantitative estimate of drug-likeness (QED) is 0.482. The van der Waals surface area contributed by atoms with Crippen molar-refractivity contribution in [1.82, 2.24) is 0 Å². The van der Waals surface area contributed by atoms with Crippen LogP contribution in [0, 0.1) is 16.7 Å². The van der Waals surface area contributed by atoms with Gasteiger partial charge in [-0.1, -0.05) is 34.1 Å². The van der Waals surface area contributed by atoms with Gasteiger partial charge in [0.15, 0.2) is 0 Å². The van der Waals surface area contributed by atoms with Gasteiger partial charge in [-0.25, -0.2) is 0 Å². The minimum Gasteiger partial charge on any atom is -0.458 e. The van der Waals surface area contributed by atoms with Gasteiger partial charge < -0.3 is 19.2 Å². The second-order valence-electron chi connectivity index (χ2n) is 8.76. The highest BCUT2D eigenvalue weighted by molar-refractivity contribution is 6.45. The molecule has 1 aliphatic heterocycles. The molecule has 25 heavy (non-hydrogen) atoms. The molecule has 1 N–H and O–H groups in total. The number of carbonyl (C=O) groups is 1. The fourth-order valence-corrected chi connectivity index (χ4v) is 5.79. The number of ether oxygens (including phenoxy) is 1. The van der Waals surface area contributed by atoms with E-state index in [1.54, 1.807) is 0 Å². The number of carbonyl (C=O) groups excluding carboxylic acids is 1. The van der Waals surface area contributed by atoms with Crippen LogP contribution in [0.3, 0.4) is 0 Å². The smallest absolute Gasteiger partial charge is 0.457 e. The van der Waals surface area contributed by atoms with Gasteiger partial charge in [0.25, 0.3) is 0 Å². The molecule has 4 atom stereocenters. The van der Waals surface area contributed by atoms with E-state index < -0.39 is 5.60 Å². The van der Waals surface area contributed by atoms with Gasteiger partial charge in [-0.3, -0.25) is 4.79 Å². The van der Waals surface area contributed by atoms with Crippen LogP contribution in [0.15, 0.2) is 11.6 Å². The number of hydrogen-bond donors (Lipinski definition) is 1. The molecule has 3 rings (SSSR count). The van der Waals surface area contributed by atoms with Gasteiger partial charge in [-0.05, 0) is 36.2 Å². The summed E-state index contributed by atoms with van der Waals surface area (Å²) in [5.41, 5.74) is -0.0932. The Bertz CT molecular complexity index is 574. The van der Waals surface area contributed by atoms with Gasteiger partial charge in [0.05, 0.1) is 13.2 Å². The van der Waals surface area contributed by atoms with Crippen molar-refractivity contribution in [2.45, 2.75) is 71.9 Å². The van der Waals surface area contributed by atoms with Gasteiger partial charge in [0, 0.05) is 18.3 Å². The normalized spacial score (nSPS) is 39.9. The molecule has 140 valence electrons. The Labute approximate surface area is 151 Å². The van der Waals surface area contributed by atoms with Crippen LogP contribution in [0.4, 0.5) is 0 Å². The van der Waals surface area contributed by atoms with Gasteiger partial charge >= 0.3 is 13.1 Å². The molecule has 1 saturated heterocycles. The lowest BCUT2D eigenvalue weighted by molar-refractivity contribution is -0.180. The topological polar surface area (TPSA) is 65.0 Å². The molecule has 3 aliphatic rings. The zero-order valence-corrected chi connectivity index (χ0v) is 16.1. The molecule has 0 unspecified atom stereocenters. The third-order valence-corrected chi connectivity index (χ3v) is 6.79. The second-order valence-corrected chi connectivity index (χ2v) is 8.76. The van der Waals surface area contributed by atoms with E-state index in [0.29, 0.717) is 6.61 Å². The highest BCUT2D eigenvalue weighted by Gasteiger charge is 2.67. The monoisotopic (exact) mass is 350 g/mol. The molecule has 5 nitrogen and oxygen atoms in total. The number of aliphatic hydroxyl groups is 1. The van der Waals surface area contributed by atoms with E-state index in [9.17, 15) is 9.90 Å². The zero-order valence-electron chi connectivity index (χ0n) is 16.1. The fraction of sp³-hybridized carbons (Fsp3) is 0.842. The molecule has 6 heteroatoms. The maximum absolute atomic E-state index is 11.7. The molecule has 0 radical (unpaired) electrons. The van der Waals surface area contributed by atoms with Crippen molar-refractivity contribution in [3.63, 3.8) is 0 Å². The maximum atomic E-state index is 11.7. The van der Waals surface area contributed by atoms with Crippen molar-refractivity contribution in [1.29, 1.82) is 0 Å². The van der Waals surface area contributed by atoms with E-state index >= 15 is 0 Å². The Balaban J connectivity index is 2.14. The minimum atomic E-state index is -0.637. The first kappa shape index (κ1) is 18.9. The van der Waals surface area contributed by atoms with E-state index in [2.05, 4.69) is 20.8 Å². The molecule has 1 heterocycles. The van der Waals surface area contributed by atoms with E-state index in [1.807, 2.05) is 13.0 Å². The highest BCUT2D eigenvalue weighted by atomic mass is 16.7. The van der Waals surface area contributed by atoms with Crippen molar-refractivity contribution in [2.24, 2.45) is 16.7 Å². The molecular weight excluding hydrogens is 319 g/mol. The van der Waals surface area contributed by atoms with Crippen LogP contribution in [0.2, 0.25) is 6.32 Å². The van der Waals surface area contributed by atoms with E-state index in [0.717, 1.165) is 31.2 Å². The summed E-state index contributed by atoms with van der Waals surface area (Å²) in [6, 6.07) is 0. The Hall–Kier alpha value is -0.845. The molecule has 1 spiro atoms. The number of fused-ring (bicyclic) bond motifs is 2. The summed E-state index contributed by atoms with van der Waals surface area (Å²) in [6.45, 7) is 10.6. The molecule has 2 fully saturated rings. The summed E-state index contributed by atoms with van der Waals surface area (Å²) < 4.78 is 18.1. The van der Waals surface area contributed by atoms with E-state index in [4.69, 9.17) is 14.0 Å². The summed E-state index contributed by atoms with van der Waals surface area (Å²) in [7, 11) is -0.247. The number of hydrogen-bond acceptors (Lipinski definition) is 5. The van der Waals surface area contributed by atoms with Crippen molar-refractivity contribution in [2.75, 3.05) is 13.2 Å². The van der Waals surface area contributed by atoms with Crippen molar-refractivity contribution in [3.05, 3.63) is 11.6 Å². The number of aliphatic hydroxyl groups excluding tert-OH is 1. The first-order valence-electron chi connectivity index (χ1n) is 9.49. The highest BCUT2D eigenvalue weighted by Crippen LogP contribution is 2.63. The third-order valence-electron chi connectivity index (χ3n) is 6.79. The molecule has 0 aromatic heterocycles. The summed E-state index contributed by atoms with van der Waals surface area (Å²) in [6.07, 6.45) is 5.51. The third kappa shape index (κ3) is 2.77. The standard InChI is InChI=1S/C19H31BO5/c1-6-20-23-12-19(25-20)14(11-21)10-15(24-13(2)22)16-17(3,4)8-7-9-18(16,19)5/h10,15-16,21H,6-9,11-12H2,1-5H3/t15-,16+,18+,19-/m1/s1. The molecule has 0 aromatic carbocycles. The van der Waals surface area contributed by atoms with Gasteiger partial charge in [0.1, 0.15) is 11.7 Å². The van der Waals surface area contributed by atoms with Crippen LogP contribution in [-0.4, -0.2) is 43.1 Å². The lowest BCUT2D eigenvalue weighted by Crippen LogP contribution is -2.65. The molecule has 0 aromatic rings. The lowest BCUT2D eigenvalue weighted by Gasteiger charge is -2.62. The first-order valence-corrected chi connectivity index (χ1v) is 9.49. The van der Waals surface area contributed by atoms with Crippen molar-refractivity contribution < 1.29 is 23.9 Å². The van der Waals surface area contributed by atoms with Gasteiger partial charge in [0.2, 0.25) is 0 Å². The van der Waals surface area contributed by atoms with Crippen LogP contribution in [0.1, 0.15) is 53.9 Å². The second kappa shape index (κ2) is 6.40. The van der Waals surface area contributed by atoms with Crippen LogP contribution in [-0.2, 0) is 18.8 Å². The molecular formula is C19H31BO5. The van der Waals surface area contributed by atoms with Gasteiger partial charge in [-0.15, -0.1) is 0 Å². The Morgan fingerprint density at radius 3 is 2.68 bits per heavy atom. The molecule has 2 aliphatic carbocycles. The van der Waals surface area contributed by atoms with Crippen LogP contribution in [0.5, 0.6) is 0 Å². The fourth-order valence-electron chi connectivity index (χ4n) is 5.79.